The van der Waals surface area contributed by atoms with Crippen LogP contribution in [0, 0.1) is 35.3 Å². The minimum Gasteiger partial charge on any atom is -0.207 e. The lowest BCUT2D eigenvalue weighted by Crippen LogP contribution is -1.91. The largest absolute Gasteiger partial charge is 0.207 e. The monoisotopic (exact) mass is 384 g/mol. The van der Waals surface area contributed by atoms with Crippen molar-refractivity contribution in [2.24, 2.45) is 0 Å². The number of halogens is 2. The highest BCUT2D eigenvalue weighted by molar-refractivity contribution is 5.49. The summed E-state index contributed by atoms with van der Waals surface area (Å²) in [6.07, 6.45) is 2.56. The topological polar surface area (TPSA) is 0 Å². The second-order valence-corrected chi connectivity index (χ2v) is 6.80. The van der Waals surface area contributed by atoms with Crippen LogP contribution in [0.15, 0.2) is 60.7 Å². The molecule has 0 unspecified atom stereocenters. The van der Waals surface area contributed by atoms with Gasteiger partial charge in [-0.3, -0.25) is 0 Å². The lowest BCUT2D eigenvalue weighted by molar-refractivity contribution is 0.607. The fraction of sp³-hybridized carbons (Fsp3) is 0.185. The van der Waals surface area contributed by atoms with E-state index in [0.29, 0.717) is 23.1 Å². The zero-order chi connectivity index (χ0) is 20.6. The third-order valence-electron chi connectivity index (χ3n) is 4.60. The smallest absolute Gasteiger partial charge is 0.140 e. The van der Waals surface area contributed by atoms with Gasteiger partial charge in [0.1, 0.15) is 11.6 Å². The second kappa shape index (κ2) is 9.72. The Morgan fingerprint density at radius 3 is 1.86 bits per heavy atom. The van der Waals surface area contributed by atoms with Crippen molar-refractivity contribution in [1.82, 2.24) is 0 Å². The third-order valence-corrected chi connectivity index (χ3v) is 4.60. The molecule has 144 valence electrons. The number of benzene rings is 3. The minimum atomic E-state index is -0.436. The molecule has 0 saturated heterocycles. The molecule has 0 aliphatic heterocycles. The molecule has 0 fully saturated rings. The maximum atomic E-state index is 14.4. The molecule has 0 radical (unpaired) electrons. The summed E-state index contributed by atoms with van der Waals surface area (Å²) >= 11 is 0. The molecule has 0 aromatic heterocycles. The van der Waals surface area contributed by atoms with Crippen molar-refractivity contribution >= 4 is 0 Å². The molecule has 0 heterocycles. The average Bonchev–Trinajstić information content (AvgIpc) is 2.74. The lowest BCUT2D eigenvalue weighted by atomic mass is 10.1. The van der Waals surface area contributed by atoms with Gasteiger partial charge in [-0.1, -0.05) is 62.1 Å². The summed E-state index contributed by atoms with van der Waals surface area (Å²) in [5.74, 6) is 10.9. The number of hydrogen-bond donors (Lipinski definition) is 0. The van der Waals surface area contributed by atoms with Crippen molar-refractivity contribution in [1.29, 1.82) is 0 Å². The molecular formula is C27H22F2. The zero-order valence-electron chi connectivity index (χ0n) is 16.7. The average molecular weight is 384 g/mol. The van der Waals surface area contributed by atoms with E-state index in [-0.39, 0.29) is 11.4 Å². The van der Waals surface area contributed by atoms with Gasteiger partial charge in [0.05, 0.1) is 5.56 Å². The molecule has 0 bridgehead atoms. The molecule has 0 aliphatic rings. The standard InChI is InChI=1S/C27H22F2/c1-3-5-24-15-12-23(19-26(24)28)14-17-25-16-13-22(18-27(25)29)11-10-21-8-6-20(4-2)7-9-21/h6-9,12-13,15-16,18-19H,3-5H2,1-2H3. The molecule has 0 amide bonds. The van der Waals surface area contributed by atoms with E-state index in [0.717, 1.165) is 18.4 Å². The fourth-order valence-corrected chi connectivity index (χ4v) is 2.90. The highest BCUT2D eigenvalue weighted by Gasteiger charge is 2.03. The SMILES string of the molecule is CCCc1ccc(C#Cc2ccc(C#Cc3ccc(CC)cc3)cc2F)cc1F. The fourth-order valence-electron chi connectivity index (χ4n) is 2.90. The summed E-state index contributed by atoms with van der Waals surface area (Å²) in [4.78, 5) is 0. The Bertz CT molecular complexity index is 1120. The second-order valence-electron chi connectivity index (χ2n) is 6.80. The van der Waals surface area contributed by atoms with E-state index in [4.69, 9.17) is 0 Å². The van der Waals surface area contributed by atoms with E-state index in [9.17, 15) is 8.78 Å². The maximum Gasteiger partial charge on any atom is 0.140 e. The summed E-state index contributed by atoms with van der Waals surface area (Å²) in [5, 5.41) is 0. The van der Waals surface area contributed by atoms with Crippen LogP contribution in [0.4, 0.5) is 8.78 Å². The first-order chi connectivity index (χ1) is 14.1. The van der Waals surface area contributed by atoms with Crippen molar-refractivity contribution in [3.8, 4) is 23.7 Å². The molecule has 0 saturated carbocycles. The van der Waals surface area contributed by atoms with Crippen molar-refractivity contribution in [2.45, 2.75) is 33.1 Å². The van der Waals surface area contributed by atoms with Crippen LogP contribution in [0.2, 0.25) is 0 Å². The molecule has 0 spiro atoms. The van der Waals surface area contributed by atoms with Gasteiger partial charge in [-0.15, -0.1) is 0 Å². The maximum absolute atomic E-state index is 14.4. The van der Waals surface area contributed by atoms with Crippen molar-refractivity contribution < 1.29 is 8.78 Å². The molecule has 3 aromatic rings. The normalized spacial score (nSPS) is 9.93. The summed E-state index contributed by atoms with van der Waals surface area (Å²) in [7, 11) is 0. The van der Waals surface area contributed by atoms with Gasteiger partial charge in [-0.05, 0) is 66.4 Å². The highest BCUT2D eigenvalue weighted by atomic mass is 19.1. The Hall–Kier alpha value is -3.36. The predicted octanol–water partition coefficient (Wildman–Crippen LogP) is 6.28. The molecule has 0 nitrogen and oxygen atoms in total. The van der Waals surface area contributed by atoms with Crippen molar-refractivity contribution in [3.05, 3.63) is 106 Å². The predicted molar refractivity (Wildman–Crippen MR) is 115 cm³/mol. The van der Waals surface area contributed by atoms with E-state index in [1.807, 2.05) is 31.2 Å². The summed E-state index contributed by atoms with van der Waals surface area (Å²) in [6.45, 7) is 4.11. The number of hydrogen-bond acceptors (Lipinski definition) is 0. The first kappa shape index (κ1) is 20.4. The molecule has 0 aliphatic carbocycles. The Morgan fingerprint density at radius 1 is 0.655 bits per heavy atom. The molecule has 0 atom stereocenters. The van der Waals surface area contributed by atoms with Gasteiger partial charge in [-0.25, -0.2) is 8.78 Å². The van der Waals surface area contributed by atoms with Crippen LogP contribution in [0.1, 0.15) is 53.6 Å². The van der Waals surface area contributed by atoms with Gasteiger partial charge < -0.3 is 0 Å². The van der Waals surface area contributed by atoms with Gasteiger partial charge in [0.2, 0.25) is 0 Å². The molecule has 29 heavy (non-hydrogen) atoms. The molecule has 3 rings (SSSR count). The van der Waals surface area contributed by atoms with Crippen LogP contribution >= 0.6 is 0 Å². The van der Waals surface area contributed by atoms with Crippen LogP contribution in [-0.4, -0.2) is 0 Å². The molecule has 3 aromatic carbocycles. The molecule has 0 N–H and O–H groups in total. The Labute approximate surface area is 171 Å². The summed E-state index contributed by atoms with van der Waals surface area (Å²) in [6, 6.07) is 17.6. The van der Waals surface area contributed by atoms with Crippen LogP contribution in [-0.2, 0) is 12.8 Å². The van der Waals surface area contributed by atoms with E-state index >= 15 is 0 Å². The number of aryl methyl sites for hydroxylation is 2. The Balaban J connectivity index is 1.76. The molecule has 2 heteroatoms. The van der Waals surface area contributed by atoms with Crippen LogP contribution in [0.3, 0.4) is 0 Å². The summed E-state index contributed by atoms with van der Waals surface area (Å²) in [5.41, 5.74) is 4.20. The van der Waals surface area contributed by atoms with Gasteiger partial charge in [0, 0.05) is 16.7 Å². The molecular weight excluding hydrogens is 362 g/mol. The van der Waals surface area contributed by atoms with Crippen LogP contribution in [0.5, 0.6) is 0 Å². The van der Waals surface area contributed by atoms with Crippen LogP contribution in [0.25, 0.3) is 0 Å². The van der Waals surface area contributed by atoms with E-state index in [1.54, 1.807) is 24.3 Å². The van der Waals surface area contributed by atoms with Gasteiger partial charge in [0.25, 0.3) is 0 Å². The van der Waals surface area contributed by atoms with Gasteiger partial charge in [0.15, 0.2) is 0 Å². The first-order valence-corrected chi connectivity index (χ1v) is 9.80. The van der Waals surface area contributed by atoms with E-state index in [2.05, 4.69) is 30.6 Å². The van der Waals surface area contributed by atoms with Crippen molar-refractivity contribution in [2.75, 3.05) is 0 Å². The number of rotatable bonds is 3. The Kier molecular flexibility index (Phi) is 6.83. The van der Waals surface area contributed by atoms with Crippen molar-refractivity contribution in [3.63, 3.8) is 0 Å². The van der Waals surface area contributed by atoms with E-state index in [1.165, 1.54) is 17.7 Å². The van der Waals surface area contributed by atoms with E-state index < -0.39 is 5.82 Å². The quantitative estimate of drug-likeness (QED) is 0.466. The first-order valence-electron chi connectivity index (χ1n) is 9.80. The zero-order valence-corrected chi connectivity index (χ0v) is 16.7. The summed E-state index contributed by atoms with van der Waals surface area (Å²) < 4.78 is 28.4. The van der Waals surface area contributed by atoms with Gasteiger partial charge >= 0.3 is 0 Å². The highest BCUT2D eigenvalue weighted by Crippen LogP contribution is 2.13. The third kappa shape index (κ3) is 5.56. The lowest BCUT2D eigenvalue weighted by Gasteiger charge is -2.01. The minimum absolute atomic E-state index is 0.265. The van der Waals surface area contributed by atoms with Gasteiger partial charge in [-0.2, -0.15) is 0 Å². The van der Waals surface area contributed by atoms with Crippen LogP contribution < -0.4 is 0 Å². The Morgan fingerprint density at radius 2 is 1.24 bits per heavy atom.